The van der Waals surface area contributed by atoms with Gasteiger partial charge in [0.25, 0.3) is 11.8 Å². The van der Waals surface area contributed by atoms with E-state index < -0.39 is 17.1 Å². The molecular weight excluding hydrogens is 722 g/mol. The van der Waals surface area contributed by atoms with Gasteiger partial charge >= 0.3 is 0 Å². The quantitative estimate of drug-likeness (QED) is 0.125. The summed E-state index contributed by atoms with van der Waals surface area (Å²) < 4.78 is 16.8. The normalized spacial score (nSPS) is 14.5. The zero-order valence-corrected chi connectivity index (χ0v) is 29.1. The van der Waals surface area contributed by atoms with Gasteiger partial charge in [-0.1, -0.05) is 51.8 Å². The molecule has 4 aromatic rings. The van der Waals surface area contributed by atoms with Crippen LogP contribution in [-0.2, 0) is 14.4 Å². The predicted molar refractivity (Wildman–Crippen MR) is 189 cm³/mol. The van der Waals surface area contributed by atoms with E-state index >= 15 is 0 Å². The van der Waals surface area contributed by atoms with Gasteiger partial charge < -0.3 is 24.8 Å². The Balaban J connectivity index is 1.38. The van der Waals surface area contributed by atoms with Crippen molar-refractivity contribution in [3.05, 3.63) is 111 Å². The number of carbonyl (C=O) groups excluding carboxylic acids is 4. The lowest BCUT2D eigenvalue weighted by Gasteiger charge is -2.16. The van der Waals surface area contributed by atoms with Gasteiger partial charge in [-0.25, -0.2) is 4.90 Å². The summed E-state index contributed by atoms with van der Waals surface area (Å²) in [6.45, 7) is 0. The molecule has 10 nitrogen and oxygen atoms in total. The van der Waals surface area contributed by atoms with Gasteiger partial charge in [0, 0.05) is 32.6 Å². The maximum Gasteiger partial charge on any atom is 0.272 e. The third-order valence-corrected chi connectivity index (χ3v) is 9.10. The molecule has 1 unspecified atom stereocenters. The summed E-state index contributed by atoms with van der Waals surface area (Å²) in [4.78, 5) is 54.9. The van der Waals surface area contributed by atoms with Gasteiger partial charge in [0.1, 0.15) is 11.4 Å². The number of ether oxygens (including phenoxy) is 3. The number of hydrogen-bond acceptors (Lipinski definition) is 8. The fourth-order valence-corrected chi connectivity index (χ4v) is 6.75. The Morgan fingerprint density at radius 3 is 2.35 bits per heavy atom. The Labute approximate surface area is 294 Å². The number of imide groups is 1. The molecule has 0 aliphatic carbocycles. The number of rotatable bonds is 11. The summed E-state index contributed by atoms with van der Waals surface area (Å²) in [5, 5.41) is 5.13. The van der Waals surface area contributed by atoms with Crippen LogP contribution in [0.5, 0.6) is 17.2 Å². The second-order valence-electron chi connectivity index (χ2n) is 10.3. The van der Waals surface area contributed by atoms with Crippen LogP contribution >= 0.6 is 39.3 Å². The lowest BCUT2D eigenvalue weighted by atomic mass is 10.1. The van der Waals surface area contributed by atoms with Crippen LogP contribution in [0.2, 0.25) is 5.02 Å². The van der Waals surface area contributed by atoms with Gasteiger partial charge in [-0.3, -0.25) is 19.2 Å². The zero-order chi connectivity index (χ0) is 34.4. The van der Waals surface area contributed by atoms with E-state index in [1.165, 1.54) is 45.2 Å². The minimum absolute atomic E-state index is 0.0138. The van der Waals surface area contributed by atoms with Crippen LogP contribution in [0, 0.1) is 0 Å². The number of methoxy groups -OCH3 is 3. The molecule has 13 heteroatoms. The largest absolute Gasteiger partial charge is 0.495 e. The van der Waals surface area contributed by atoms with Crippen molar-refractivity contribution in [2.75, 3.05) is 31.5 Å². The summed E-state index contributed by atoms with van der Waals surface area (Å²) in [5.74, 6) is -0.630. The van der Waals surface area contributed by atoms with Gasteiger partial charge in [-0.15, -0.1) is 11.8 Å². The fourth-order valence-electron chi connectivity index (χ4n) is 4.94. The average molecular weight is 751 g/mol. The van der Waals surface area contributed by atoms with E-state index in [-0.39, 0.29) is 29.0 Å². The topological polar surface area (TPSA) is 123 Å². The van der Waals surface area contributed by atoms with Gasteiger partial charge in [0.15, 0.2) is 11.5 Å². The Bertz CT molecular complexity index is 1920. The minimum atomic E-state index is -0.691. The molecule has 2 N–H and O–H groups in total. The van der Waals surface area contributed by atoms with Gasteiger partial charge in [0.05, 0.1) is 37.3 Å². The molecule has 1 atom stereocenters. The Hall–Kier alpha value is -4.78. The first kappa shape index (κ1) is 34.6. The third kappa shape index (κ3) is 7.84. The Morgan fingerprint density at radius 1 is 0.917 bits per heavy atom. The van der Waals surface area contributed by atoms with Crippen LogP contribution in [0.15, 0.2) is 100.0 Å². The number of amides is 4. The molecule has 1 fully saturated rings. The average Bonchev–Trinajstić information content (AvgIpc) is 3.35. The van der Waals surface area contributed by atoms with Crippen LogP contribution in [0.1, 0.15) is 22.3 Å². The van der Waals surface area contributed by atoms with Crippen molar-refractivity contribution in [1.29, 1.82) is 0 Å². The summed E-state index contributed by atoms with van der Waals surface area (Å²) in [7, 11) is 4.45. The van der Waals surface area contributed by atoms with Gasteiger partial charge in [-0.2, -0.15) is 0 Å². The van der Waals surface area contributed by atoms with Crippen molar-refractivity contribution >= 4 is 80.4 Å². The number of halogens is 2. The molecular formula is C35H29BrClN3O7S. The van der Waals surface area contributed by atoms with Crippen LogP contribution < -0.4 is 29.7 Å². The highest BCUT2D eigenvalue weighted by molar-refractivity contribution is 9.10. The first-order valence-electron chi connectivity index (χ1n) is 14.4. The third-order valence-electron chi connectivity index (χ3n) is 7.17. The van der Waals surface area contributed by atoms with Crippen molar-refractivity contribution < 1.29 is 33.4 Å². The molecule has 0 aromatic heterocycles. The van der Waals surface area contributed by atoms with E-state index in [9.17, 15) is 19.2 Å². The second kappa shape index (κ2) is 15.4. The van der Waals surface area contributed by atoms with Crippen LogP contribution in [0.4, 0.5) is 11.4 Å². The highest BCUT2D eigenvalue weighted by Gasteiger charge is 2.40. The van der Waals surface area contributed by atoms with E-state index in [1.807, 2.05) is 0 Å². The lowest BCUT2D eigenvalue weighted by molar-refractivity contribution is -0.121. The number of anilines is 2. The molecule has 1 aliphatic heterocycles. The second-order valence-corrected chi connectivity index (χ2v) is 12.9. The predicted octanol–water partition coefficient (Wildman–Crippen LogP) is 6.96. The molecule has 0 radical (unpaired) electrons. The van der Waals surface area contributed by atoms with Gasteiger partial charge in [0.2, 0.25) is 11.8 Å². The molecule has 4 aromatic carbocycles. The molecule has 0 bridgehead atoms. The lowest BCUT2D eigenvalue weighted by Crippen LogP contribution is -2.31. The maximum absolute atomic E-state index is 13.7. The molecule has 0 spiro atoms. The summed E-state index contributed by atoms with van der Waals surface area (Å²) in [5.41, 5.74) is 1.52. The number of thioether (sulfide) groups is 1. The van der Waals surface area contributed by atoms with Crippen LogP contribution in [0.25, 0.3) is 6.08 Å². The minimum Gasteiger partial charge on any atom is -0.495 e. The summed E-state index contributed by atoms with van der Waals surface area (Å²) >= 11 is 10.9. The van der Waals surface area contributed by atoms with Crippen LogP contribution in [-0.4, -0.2) is 50.2 Å². The zero-order valence-electron chi connectivity index (χ0n) is 25.9. The molecule has 0 saturated carbocycles. The van der Waals surface area contributed by atoms with Crippen molar-refractivity contribution in [1.82, 2.24) is 5.32 Å². The molecule has 246 valence electrons. The van der Waals surface area contributed by atoms with E-state index in [2.05, 4.69) is 26.6 Å². The van der Waals surface area contributed by atoms with Crippen molar-refractivity contribution in [3.63, 3.8) is 0 Å². The van der Waals surface area contributed by atoms with Gasteiger partial charge in [-0.05, 0) is 66.7 Å². The van der Waals surface area contributed by atoms with E-state index in [0.29, 0.717) is 49.1 Å². The number of nitrogens with one attached hydrogen (secondary N) is 2. The maximum atomic E-state index is 13.7. The number of carbonyl (C=O) groups is 4. The van der Waals surface area contributed by atoms with Crippen molar-refractivity contribution in [3.8, 4) is 17.2 Å². The SMILES string of the molecule is COc1ccc(N2C(=O)CC(Sc3cccc(NC(=O)C(=Cc4cc(Br)cc(OC)c4OC)NC(=O)c4ccccc4)c3)C2=O)cc1Cl. The summed E-state index contributed by atoms with van der Waals surface area (Å²) in [6.07, 6.45) is 1.48. The van der Waals surface area contributed by atoms with E-state index in [1.54, 1.807) is 78.9 Å². The van der Waals surface area contributed by atoms with Crippen LogP contribution in [0.3, 0.4) is 0 Å². The Morgan fingerprint density at radius 2 is 1.67 bits per heavy atom. The summed E-state index contributed by atoms with van der Waals surface area (Å²) in [6, 6.07) is 23.5. The van der Waals surface area contributed by atoms with E-state index in [4.69, 9.17) is 25.8 Å². The fraction of sp³-hybridized carbons (Fsp3) is 0.143. The standard InChI is InChI=1S/C35H29BrClN3O7S/c1-45-28-13-12-24(18-26(28)37)40-31(41)19-30(35(40)44)48-25-11-7-10-23(17-25)38-34(43)27(39-33(42)20-8-5-4-6-9-20)15-21-14-22(36)16-29(46-2)32(21)47-3/h4-18,30H,19H2,1-3H3,(H,38,43)(H,39,42). The monoisotopic (exact) mass is 749 g/mol. The number of hydrogen-bond donors (Lipinski definition) is 2. The number of benzene rings is 4. The Kier molecular flexibility index (Phi) is 11.1. The van der Waals surface area contributed by atoms with Crippen molar-refractivity contribution in [2.24, 2.45) is 0 Å². The van der Waals surface area contributed by atoms with E-state index in [0.717, 1.165) is 4.90 Å². The molecule has 5 rings (SSSR count). The molecule has 1 saturated heterocycles. The molecule has 4 amide bonds. The van der Waals surface area contributed by atoms with Crippen molar-refractivity contribution in [2.45, 2.75) is 16.6 Å². The number of nitrogens with zero attached hydrogens (tertiary/aromatic N) is 1. The first-order valence-corrected chi connectivity index (χ1v) is 16.4. The molecule has 1 aliphatic rings. The highest BCUT2D eigenvalue weighted by atomic mass is 79.9. The smallest absolute Gasteiger partial charge is 0.272 e. The molecule has 1 heterocycles. The highest BCUT2D eigenvalue weighted by Crippen LogP contribution is 2.38. The first-order chi connectivity index (χ1) is 23.1. The molecule has 48 heavy (non-hydrogen) atoms.